The number of furan rings is 1. The monoisotopic (exact) mass is 448 g/mol. The molecule has 3 rings (SSSR count). The van der Waals surface area contributed by atoms with Crippen molar-refractivity contribution >= 4 is 39.1 Å². The average molecular weight is 449 g/mol. The van der Waals surface area contributed by atoms with Gasteiger partial charge < -0.3 is 9.73 Å². The van der Waals surface area contributed by atoms with Crippen molar-refractivity contribution in [3.8, 4) is 0 Å². The van der Waals surface area contributed by atoms with Gasteiger partial charge >= 0.3 is 0 Å². The van der Waals surface area contributed by atoms with Gasteiger partial charge in [-0.15, -0.1) is 0 Å². The van der Waals surface area contributed by atoms with Crippen LogP contribution in [-0.2, 0) is 10.0 Å². The van der Waals surface area contributed by atoms with Crippen LogP contribution < -0.4 is 5.32 Å². The Balaban J connectivity index is 1.74. The summed E-state index contributed by atoms with van der Waals surface area (Å²) in [4.78, 5) is 12.4. The molecule has 6 nitrogen and oxygen atoms in total. The summed E-state index contributed by atoms with van der Waals surface area (Å²) in [5.74, 6) is -1.46. The third-order valence-corrected chi connectivity index (χ3v) is 6.96. The molecular weight excluding hydrogens is 430 g/mol. The molecule has 2 heterocycles. The van der Waals surface area contributed by atoms with E-state index in [1.165, 1.54) is 22.5 Å². The lowest BCUT2D eigenvalue weighted by atomic mass is 10.1. The third kappa shape index (κ3) is 4.35. The Morgan fingerprint density at radius 1 is 1.18 bits per heavy atom. The predicted octanol–water partition coefficient (Wildman–Crippen LogP) is 4.39. The first-order chi connectivity index (χ1) is 13.2. The normalized spacial score (nSPS) is 16.7. The summed E-state index contributed by atoms with van der Waals surface area (Å²) in [5.41, 5.74) is 0.338. The molecule has 28 heavy (non-hydrogen) atoms. The van der Waals surface area contributed by atoms with Crippen LogP contribution in [0, 0.1) is 5.82 Å². The minimum absolute atomic E-state index is 0.120. The van der Waals surface area contributed by atoms with Gasteiger partial charge in [0.15, 0.2) is 5.76 Å². The maximum atomic E-state index is 13.7. The molecule has 1 N–H and O–H groups in total. The fourth-order valence-electron chi connectivity index (χ4n) is 3.03. The first kappa shape index (κ1) is 21.1. The molecule has 1 aliphatic heterocycles. The number of amides is 1. The molecule has 152 valence electrons. The van der Waals surface area contributed by atoms with Gasteiger partial charge in [-0.3, -0.25) is 4.79 Å². The van der Waals surface area contributed by atoms with E-state index in [4.69, 9.17) is 27.6 Å². The van der Waals surface area contributed by atoms with Gasteiger partial charge in [-0.1, -0.05) is 29.6 Å². The van der Waals surface area contributed by atoms with Crippen LogP contribution >= 0.6 is 23.2 Å². The van der Waals surface area contributed by atoms with Crippen LogP contribution in [-0.4, -0.2) is 31.7 Å². The number of benzene rings is 1. The lowest BCUT2D eigenvalue weighted by Crippen LogP contribution is -2.35. The Bertz CT molecular complexity index is 987. The minimum atomic E-state index is -3.77. The fourth-order valence-corrected chi connectivity index (χ4v) is 5.00. The molecule has 10 heteroatoms. The van der Waals surface area contributed by atoms with Gasteiger partial charge in [0.25, 0.3) is 15.9 Å². The molecule has 0 saturated carbocycles. The molecule has 1 aromatic carbocycles. The summed E-state index contributed by atoms with van der Waals surface area (Å²) < 4.78 is 45.6. The topological polar surface area (TPSA) is 79.6 Å². The maximum absolute atomic E-state index is 13.7. The fraction of sp³-hybridized carbons (Fsp3) is 0.389. The number of halogens is 3. The van der Waals surface area contributed by atoms with E-state index in [2.05, 4.69) is 5.32 Å². The quantitative estimate of drug-likeness (QED) is 0.687. The van der Waals surface area contributed by atoms with E-state index in [0.717, 1.165) is 25.3 Å². The molecule has 0 aliphatic carbocycles. The number of nitrogens with one attached hydrogen (secondary N) is 1. The van der Waals surface area contributed by atoms with Gasteiger partial charge in [0.2, 0.25) is 5.09 Å². The standard InChI is InChI=1S/C18H19Cl2FN2O4S/c1-11(12-9-15(21)14(20)10-13(12)19)22-18(24)16-5-6-17(27-16)28(25,26)23-7-3-2-4-8-23/h5-6,9-11H,2-4,7-8H2,1H3,(H,22,24). The summed E-state index contributed by atoms with van der Waals surface area (Å²) >= 11 is 11.7. The molecule has 0 bridgehead atoms. The van der Waals surface area contributed by atoms with Crippen LogP contribution in [0.2, 0.25) is 10.0 Å². The highest BCUT2D eigenvalue weighted by Gasteiger charge is 2.30. The molecule has 2 aromatic rings. The second-order valence-electron chi connectivity index (χ2n) is 6.57. The minimum Gasteiger partial charge on any atom is -0.438 e. The molecule has 0 radical (unpaired) electrons. The highest BCUT2D eigenvalue weighted by atomic mass is 35.5. The number of sulfonamides is 1. The maximum Gasteiger partial charge on any atom is 0.287 e. The van der Waals surface area contributed by atoms with E-state index in [-0.39, 0.29) is 20.9 Å². The molecule has 1 atom stereocenters. The zero-order valence-corrected chi connectivity index (χ0v) is 17.4. The highest BCUT2D eigenvalue weighted by Crippen LogP contribution is 2.29. The Morgan fingerprint density at radius 2 is 1.86 bits per heavy atom. The zero-order chi connectivity index (χ0) is 20.5. The van der Waals surface area contributed by atoms with Crippen LogP contribution in [0.3, 0.4) is 0 Å². The zero-order valence-electron chi connectivity index (χ0n) is 15.0. The highest BCUT2D eigenvalue weighted by molar-refractivity contribution is 7.89. The number of hydrogen-bond acceptors (Lipinski definition) is 4. The van der Waals surface area contributed by atoms with Crippen LogP contribution in [0.15, 0.2) is 33.8 Å². The molecule has 0 spiro atoms. The van der Waals surface area contributed by atoms with Gasteiger partial charge in [0.05, 0.1) is 11.1 Å². The Hall–Kier alpha value is -1.61. The Labute approximate surface area is 172 Å². The van der Waals surface area contributed by atoms with Crippen molar-refractivity contribution in [1.29, 1.82) is 0 Å². The van der Waals surface area contributed by atoms with E-state index in [1.54, 1.807) is 6.92 Å². The van der Waals surface area contributed by atoms with E-state index >= 15 is 0 Å². The summed E-state index contributed by atoms with van der Waals surface area (Å²) in [5, 5.41) is 2.42. The lowest BCUT2D eigenvalue weighted by Gasteiger charge is -2.24. The van der Waals surface area contributed by atoms with Crippen molar-refractivity contribution in [1.82, 2.24) is 9.62 Å². The molecule has 1 aliphatic rings. The predicted molar refractivity (Wildman–Crippen MR) is 104 cm³/mol. The van der Waals surface area contributed by atoms with Gasteiger partial charge in [0.1, 0.15) is 5.82 Å². The molecule has 1 fully saturated rings. The van der Waals surface area contributed by atoms with Gasteiger partial charge in [-0.2, -0.15) is 4.31 Å². The second kappa shape index (κ2) is 8.41. The van der Waals surface area contributed by atoms with Gasteiger partial charge in [0, 0.05) is 18.1 Å². The van der Waals surface area contributed by atoms with Crippen molar-refractivity contribution in [3.05, 3.63) is 51.5 Å². The van der Waals surface area contributed by atoms with Gasteiger partial charge in [-0.25, -0.2) is 12.8 Å². The Morgan fingerprint density at radius 3 is 2.54 bits per heavy atom. The first-order valence-electron chi connectivity index (χ1n) is 8.75. The summed E-state index contributed by atoms with van der Waals surface area (Å²) in [7, 11) is -3.77. The number of carbonyl (C=O) groups excluding carboxylic acids is 1. The van der Waals surface area contributed by atoms with E-state index in [9.17, 15) is 17.6 Å². The second-order valence-corrected chi connectivity index (χ2v) is 9.25. The molecular formula is C18H19Cl2FN2O4S. The van der Waals surface area contributed by atoms with Crippen LogP contribution in [0.1, 0.15) is 48.3 Å². The number of carbonyl (C=O) groups is 1. The lowest BCUT2D eigenvalue weighted by molar-refractivity contribution is 0.0906. The van der Waals surface area contributed by atoms with Crippen molar-refractivity contribution in [2.24, 2.45) is 0 Å². The number of nitrogens with zero attached hydrogens (tertiary/aromatic N) is 1. The molecule has 1 aromatic heterocycles. The van der Waals surface area contributed by atoms with Crippen molar-refractivity contribution in [3.63, 3.8) is 0 Å². The van der Waals surface area contributed by atoms with Crippen LogP contribution in [0.4, 0.5) is 4.39 Å². The number of piperidine rings is 1. The SMILES string of the molecule is CC(NC(=O)c1ccc(S(=O)(=O)N2CCCCC2)o1)c1cc(F)c(Cl)cc1Cl. The van der Waals surface area contributed by atoms with Crippen molar-refractivity contribution < 1.29 is 22.0 Å². The average Bonchev–Trinajstić information content (AvgIpc) is 3.16. The third-order valence-electron chi connectivity index (χ3n) is 4.57. The van der Waals surface area contributed by atoms with Crippen molar-refractivity contribution in [2.45, 2.75) is 37.3 Å². The molecule has 1 saturated heterocycles. The first-order valence-corrected chi connectivity index (χ1v) is 10.9. The van der Waals surface area contributed by atoms with Crippen molar-refractivity contribution in [2.75, 3.05) is 13.1 Å². The van der Waals surface area contributed by atoms with E-state index < -0.39 is 27.8 Å². The van der Waals surface area contributed by atoms with E-state index in [0.29, 0.717) is 18.7 Å². The molecule has 1 unspecified atom stereocenters. The summed E-state index contributed by atoms with van der Waals surface area (Å²) in [6, 6.07) is 4.30. The Kier molecular flexibility index (Phi) is 6.34. The summed E-state index contributed by atoms with van der Waals surface area (Å²) in [6.07, 6.45) is 2.58. The van der Waals surface area contributed by atoms with Crippen LogP contribution in [0.25, 0.3) is 0 Å². The number of rotatable bonds is 5. The molecule has 1 amide bonds. The van der Waals surface area contributed by atoms with Gasteiger partial charge in [-0.05, 0) is 49.6 Å². The summed E-state index contributed by atoms with van der Waals surface area (Å²) in [6.45, 7) is 2.48. The van der Waals surface area contributed by atoms with Crippen LogP contribution in [0.5, 0.6) is 0 Å². The smallest absolute Gasteiger partial charge is 0.287 e. The largest absolute Gasteiger partial charge is 0.438 e. The van der Waals surface area contributed by atoms with E-state index in [1.807, 2.05) is 0 Å². The number of hydrogen-bond donors (Lipinski definition) is 1.